The van der Waals surface area contributed by atoms with Crippen molar-refractivity contribution >= 4 is 21.8 Å². The summed E-state index contributed by atoms with van der Waals surface area (Å²) in [5.74, 6) is 0.794. The molecule has 0 aromatic carbocycles. The second kappa shape index (κ2) is 6.41. The molecule has 0 aromatic rings. The van der Waals surface area contributed by atoms with Crippen LogP contribution in [0.1, 0.15) is 34.1 Å². The number of alkyl halides is 1. The summed E-state index contributed by atoms with van der Waals surface area (Å²) in [4.78, 5) is 13.6. The molecule has 0 spiro atoms. The maximum absolute atomic E-state index is 11.6. The summed E-state index contributed by atoms with van der Waals surface area (Å²) in [6, 6.07) is 0.314. The third-order valence-electron chi connectivity index (χ3n) is 1.81. The molecule has 0 radical (unpaired) electrons. The summed E-state index contributed by atoms with van der Waals surface area (Å²) < 4.78 is 0. The SMILES string of the molecule is CC(C)CN(C(=O)CCBr)C(C)C. The molecule has 1 amide bonds. The molecule has 0 N–H and O–H groups in total. The molecule has 3 heteroatoms. The van der Waals surface area contributed by atoms with Crippen LogP contribution in [0.25, 0.3) is 0 Å². The average Bonchev–Trinajstić information content (AvgIpc) is 1.99. The summed E-state index contributed by atoms with van der Waals surface area (Å²) in [6.07, 6.45) is 0.602. The topological polar surface area (TPSA) is 20.3 Å². The zero-order chi connectivity index (χ0) is 10.4. The van der Waals surface area contributed by atoms with Crippen LogP contribution in [0.3, 0.4) is 0 Å². The van der Waals surface area contributed by atoms with E-state index in [1.54, 1.807) is 0 Å². The van der Waals surface area contributed by atoms with Crippen LogP contribution in [0.15, 0.2) is 0 Å². The molecular weight excluding hydrogens is 230 g/mol. The average molecular weight is 250 g/mol. The van der Waals surface area contributed by atoms with Gasteiger partial charge in [0.15, 0.2) is 0 Å². The predicted molar refractivity (Wildman–Crippen MR) is 60.1 cm³/mol. The lowest BCUT2D eigenvalue weighted by molar-refractivity contribution is -0.132. The van der Waals surface area contributed by atoms with E-state index in [0.29, 0.717) is 18.4 Å². The van der Waals surface area contributed by atoms with Crippen LogP contribution in [-0.4, -0.2) is 28.7 Å². The molecule has 78 valence electrons. The van der Waals surface area contributed by atoms with E-state index in [1.807, 2.05) is 4.90 Å². The largest absolute Gasteiger partial charge is 0.340 e. The molecular formula is C10H20BrNO. The van der Waals surface area contributed by atoms with E-state index >= 15 is 0 Å². The molecule has 0 aromatic heterocycles. The standard InChI is InChI=1S/C10H20BrNO/c1-8(2)7-12(9(3)4)10(13)5-6-11/h8-9H,5-7H2,1-4H3. The van der Waals surface area contributed by atoms with Crippen molar-refractivity contribution in [1.29, 1.82) is 0 Å². The van der Waals surface area contributed by atoms with Gasteiger partial charge in [-0.15, -0.1) is 0 Å². The van der Waals surface area contributed by atoms with Crippen LogP contribution in [-0.2, 0) is 4.79 Å². The molecule has 0 saturated heterocycles. The quantitative estimate of drug-likeness (QED) is 0.687. The van der Waals surface area contributed by atoms with Gasteiger partial charge in [0.05, 0.1) is 0 Å². The highest BCUT2D eigenvalue weighted by Crippen LogP contribution is 2.07. The molecule has 0 aliphatic carbocycles. The predicted octanol–water partition coefficient (Wildman–Crippen LogP) is 2.66. The van der Waals surface area contributed by atoms with Crippen molar-refractivity contribution in [1.82, 2.24) is 4.90 Å². The van der Waals surface area contributed by atoms with Crippen molar-refractivity contribution in [3.8, 4) is 0 Å². The first kappa shape index (κ1) is 12.9. The Morgan fingerprint density at radius 2 is 1.85 bits per heavy atom. The van der Waals surface area contributed by atoms with Gasteiger partial charge in [-0.05, 0) is 19.8 Å². The molecule has 0 aliphatic heterocycles. The molecule has 0 atom stereocenters. The second-order valence-electron chi connectivity index (χ2n) is 3.97. The smallest absolute Gasteiger partial charge is 0.223 e. The minimum atomic E-state index is 0.251. The number of carbonyl (C=O) groups is 1. The van der Waals surface area contributed by atoms with Crippen molar-refractivity contribution in [2.45, 2.75) is 40.2 Å². The first-order valence-electron chi connectivity index (χ1n) is 4.84. The summed E-state index contributed by atoms with van der Waals surface area (Å²) in [6.45, 7) is 9.26. The normalized spacial score (nSPS) is 11.0. The van der Waals surface area contributed by atoms with E-state index in [2.05, 4.69) is 43.6 Å². The number of rotatable bonds is 5. The van der Waals surface area contributed by atoms with Gasteiger partial charge in [-0.3, -0.25) is 4.79 Å². The van der Waals surface area contributed by atoms with E-state index in [1.165, 1.54) is 0 Å². The lowest BCUT2D eigenvalue weighted by Crippen LogP contribution is -2.39. The Bertz CT molecular complexity index is 157. The molecule has 0 aliphatic rings. The van der Waals surface area contributed by atoms with Crippen LogP contribution in [0.5, 0.6) is 0 Å². The monoisotopic (exact) mass is 249 g/mol. The Labute approximate surface area is 89.8 Å². The highest BCUT2D eigenvalue weighted by Gasteiger charge is 2.16. The number of amides is 1. The zero-order valence-electron chi connectivity index (χ0n) is 9.01. The van der Waals surface area contributed by atoms with Crippen LogP contribution in [0, 0.1) is 5.92 Å². The number of hydrogen-bond acceptors (Lipinski definition) is 1. The first-order chi connectivity index (χ1) is 5.99. The second-order valence-corrected chi connectivity index (χ2v) is 4.77. The van der Waals surface area contributed by atoms with Crippen LogP contribution in [0.2, 0.25) is 0 Å². The van der Waals surface area contributed by atoms with E-state index in [9.17, 15) is 4.79 Å². The summed E-state index contributed by atoms with van der Waals surface area (Å²) in [5.41, 5.74) is 0. The van der Waals surface area contributed by atoms with E-state index in [0.717, 1.165) is 11.9 Å². The lowest BCUT2D eigenvalue weighted by atomic mass is 10.1. The highest BCUT2D eigenvalue weighted by atomic mass is 79.9. The van der Waals surface area contributed by atoms with Gasteiger partial charge in [-0.2, -0.15) is 0 Å². The molecule has 0 bridgehead atoms. The Hall–Kier alpha value is -0.0500. The van der Waals surface area contributed by atoms with Crippen LogP contribution >= 0.6 is 15.9 Å². The fourth-order valence-corrected chi connectivity index (χ4v) is 1.56. The van der Waals surface area contributed by atoms with E-state index < -0.39 is 0 Å². The molecule has 0 saturated carbocycles. The fraction of sp³-hybridized carbons (Fsp3) is 0.900. The Morgan fingerprint density at radius 3 is 2.15 bits per heavy atom. The van der Waals surface area contributed by atoms with Gasteiger partial charge in [0.25, 0.3) is 0 Å². The number of nitrogens with zero attached hydrogens (tertiary/aromatic N) is 1. The molecule has 2 nitrogen and oxygen atoms in total. The van der Waals surface area contributed by atoms with Gasteiger partial charge in [0, 0.05) is 24.3 Å². The van der Waals surface area contributed by atoms with Crippen LogP contribution in [0.4, 0.5) is 0 Å². The van der Waals surface area contributed by atoms with Gasteiger partial charge >= 0.3 is 0 Å². The molecule has 0 fully saturated rings. The van der Waals surface area contributed by atoms with Gasteiger partial charge in [-0.1, -0.05) is 29.8 Å². The van der Waals surface area contributed by atoms with Gasteiger partial charge in [0.2, 0.25) is 5.91 Å². The number of hydrogen-bond donors (Lipinski definition) is 0. The van der Waals surface area contributed by atoms with Gasteiger partial charge in [-0.25, -0.2) is 0 Å². The van der Waals surface area contributed by atoms with Crippen molar-refractivity contribution in [3.05, 3.63) is 0 Å². The Kier molecular flexibility index (Phi) is 6.39. The van der Waals surface area contributed by atoms with Gasteiger partial charge < -0.3 is 4.90 Å². The van der Waals surface area contributed by atoms with E-state index in [-0.39, 0.29) is 5.91 Å². The number of carbonyl (C=O) groups excluding carboxylic acids is 1. The highest BCUT2D eigenvalue weighted by molar-refractivity contribution is 9.09. The third kappa shape index (κ3) is 5.29. The first-order valence-corrected chi connectivity index (χ1v) is 5.96. The molecule has 0 rings (SSSR count). The minimum Gasteiger partial charge on any atom is -0.340 e. The summed E-state index contributed by atoms with van der Waals surface area (Å²) in [5, 5.41) is 0.757. The van der Waals surface area contributed by atoms with E-state index in [4.69, 9.17) is 0 Å². The molecule has 0 heterocycles. The zero-order valence-corrected chi connectivity index (χ0v) is 10.6. The fourth-order valence-electron chi connectivity index (χ4n) is 1.22. The number of halogens is 1. The summed E-state index contributed by atoms with van der Waals surface area (Å²) in [7, 11) is 0. The van der Waals surface area contributed by atoms with Crippen molar-refractivity contribution < 1.29 is 4.79 Å². The van der Waals surface area contributed by atoms with Crippen molar-refractivity contribution in [3.63, 3.8) is 0 Å². The minimum absolute atomic E-state index is 0.251. The molecule has 0 unspecified atom stereocenters. The Balaban J connectivity index is 4.15. The molecule has 13 heavy (non-hydrogen) atoms. The van der Waals surface area contributed by atoms with Crippen LogP contribution < -0.4 is 0 Å². The van der Waals surface area contributed by atoms with Crippen molar-refractivity contribution in [2.24, 2.45) is 5.92 Å². The van der Waals surface area contributed by atoms with Crippen molar-refractivity contribution in [2.75, 3.05) is 11.9 Å². The Morgan fingerprint density at radius 1 is 1.31 bits per heavy atom. The maximum Gasteiger partial charge on any atom is 0.223 e. The lowest BCUT2D eigenvalue weighted by Gasteiger charge is -2.28. The maximum atomic E-state index is 11.6. The summed E-state index contributed by atoms with van der Waals surface area (Å²) >= 11 is 3.29. The van der Waals surface area contributed by atoms with Gasteiger partial charge in [0.1, 0.15) is 0 Å². The third-order valence-corrected chi connectivity index (χ3v) is 2.21.